The number of aliphatic imine (C=N–C) groups is 1. The van der Waals surface area contributed by atoms with E-state index in [-0.39, 0.29) is 17.3 Å². The molecule has 0 radical (unpaired) electrons. The summed E-state index contributed by atoms with van der Waals surface area (Å²) < 4.78 is 5.42. The van der Waals surface area contributed by atoms with Crippen LogP contribution in [0.15, 0.2) is 4.99 Å². The third kappa shape index (κ3) is 0.913. The van der Waals surface area contributed by atoms with E-state index >= 15 is 0 Å². The first kappa shape index (κ1) is 8.53. The summed E-state index contributed by atoms with van der Waals surface area (Å²) in [4.78, 5) is 15.3. The number of amides is 1. The summed E-state index contributed by atoms with van der Waals surface area (Å²) >= 11 is 0. The molecular weight excluding hydrogens is 168 g/mol. The highest BCUT2D eigenvalue weighted by molar-refractivity contribution is 6.01. The topological polar surface area (TPSA) is 64.7 Å². The van der Waals surface area contributed by atoms with Gasteiger partial charge in [0.1, 0.15) is 0 Å². The van der Waals surface area contributed by atoms with Gasteiger partial charge in [-0.1, -0.05) is 13.8 Å². The summed E-state index contributed by atoms with van der Waals surface area (Å²) in [5, 5.41) is 0. The number of rotatable bonds is 0. The molecule has 2 N–H and O–H groups in total. The van der Waals surface area contributed by atoms with Gasteiger partial charge in [-0.3, -0.25) is 4.79 Å². The SMILES string of the molecule is CC1(C)CCCC12OC(N)=NC2=O. The average molecular weight is 182 g/mol. The third-order valence-electron chi connectivity index (χ3n) is 3.26. The van der Waals surface area contributed by atoms with Crippen molar-refractivity contribution in [1.82, 2.24) is 0 Å². The Morgan fingerprint density at radius 3 is 2.54 bits per heavy atom. The van der Waals surface area contributed by atoms with Crippen LogP contribution >= 0.6 is 0 Å². The van der Waals surface area contributed by atoms with Gasteiger partial charge in [-0.2, -0.15) is 4.99 Å². The van der Waals surface area contributed by atoms with E-state index in [1.54, 1.807) is 0 Å². The number of nitrogens with two attached hydrogens (primary N) is 1. The van der Waals surface area contributed by atoms with Gasteiger partial charge in [0.25, 0.3) is 11.9 Å². The second kappa shape index (κ2) is 2.25. The van der Waals surface area contributed by atoms with Gasteiger partial charge in [0, 0.05) is 5.41 Å². The lowest BCUT2D eigenvalue weighted by Gasteiger charge is -2.34. The Hall–Kier alpha value is -1.06. The minimum atomic E-state index is -0.753. The number of carbonyl (C=O) groups excluding carboxylic acids is 1. The number of hydrogen-bond donors (Lipinski definition) is 1. The van der Waals surface area contributed by atoms with E-state index in [0.717, 1.165) is 19.3 Å². The van der Waals surface area contributed by atoms with Gasteiger partial charge in [0.2, 0.25) is 0 Å². The molecule has 2 rings (SSSR count). The van der Waals surface area contributed by atoms with Crippen molar-refractivity contribution in [3.05, 3.63) is 0 Å². The van der Waals surface area contributed by atoms with Crippen molar-refractivity contribution < 1.29 is 9.53 Å². The fourth-order valence-electron chi connectivity index (χ4n) is 2.34. The molecule has 13 heavy (non-hydrogen) atoms. The molecule has 1 amide bonds. The normalized spacial score (nSPS) is 36.5. The van der Waals surface area contributed by atoms with E-state index in [4.69, 9.17) is 10.5 Å². The third-order valence-corrected chi connectivity index (χ3v) is 3.26. The monoisotopic (exact) mass is 182 g/mol. The average Bonchev–Trinajstić information content (AvgIpc) is 2.40. The number of hydrogen-bond acceptors (Lipinski definition) is 3. The molecule has 1 unspecified atom stereocenters. The fourth-order valence-corrected chi connectivity index (χ4v) is 2.34. The van der Waals surface area contributed by atoms with E-state index < -0.39 is 5.60 Å². The van der Waals surface area contributed by atoms with Crippen LogP contribution in [0.2, 0.25) is 0 Å². The molecule has 72 valence electrons. The number of amidine groups is 1. The van der Waals surface area contributed by atoms with Gasteiger partial charge < -0.3 is 10.5 Å². The van der Waals surface area contributed by atoms with E-state index in [0.29, 0.717) is 0 Å². The van der Waals surface area contributed by atoms with E-state index in [1.807, 2.05) is 13.8 Å². The van der Waals surface area contributed by atoms with Gasteiger partial charge in [-0.25, -0.2) is 0 Å². The molecule has 1 heterocycles. The Morgan fingerprint density at radius 2 is 2.15 bits per heavy atom. The predicted molar refractivity (Wildman–Crippen MR) is 48.1 cm³/mol. The zero-order chi connectivity index (χ0) is 9.69. The number of nitrogens with zero attached hydrogens (tertiary/aromatic N) is 1. The Kier molecular flexibility index (Phi) is 1.47. The second-order valence-corrected chi connectivity index (χ2v) is 4.42. The molecule has 4 nitrogen and oxygen atoms in total. The van der Waals surface area contributed by atoms with Crippen molar-refractivity contribution >= 4 is 11.9 Å². The van der Waals surface area contributed by atoms with Gasteiger partial charge in [0.05, 0.1) is 0 Å². The standard InChI is InChI=1S/C9H14N2O2/c1-8(2)4-3-5-9(8)6(12)11-7(10)13-9/h3-5H2,1-2H3,(H2,10,11,12). The Morgan fingerprint density at radius 1 is 1.46 bits per heavy atom. The molecule has 0 aromatic rings. The lowest BCUT2D eigenvalue weighted by atomic mass is 9.77. The summed E-state index contributed by atoms with van der Waals surface area (Å²) in [6, 6.07) is 0.0278. The largest absolute Gasteiger partial charge is 0.448 e. The van der Waals surface area contributed by atoms with Gasteiger partial charge in [-0.15, -0.1) is 0 Å². The molecule has 1 aliphatic heterocycles. The maximum atomic E-state index is 11.6. The minimum absolute atomic E-state index is 0.0278. The van der Waals surface area contributed by atoms with Crippen molar-refractivity contribution in [3.8, 4) is 0 Å². The zero-order valence-electron chi connectivity index (χ0n) is 7.96. The van der Waals surface area contributed by atoms with Crippen molar-refractivity contribution in [2.45, 2.75) is 38.7 Å². The highest BCUT2D eigenvalue weighted by Gasteiger charge is 2.59. The smallest absolute Gasteiger partial charge is 0.295 e. The summed E-state index contributed by atoms with van der Waals surface area (Å²) in [6.07, 6.45) is 2.73. The van der Waals surface area contributed by atoms with Crippen LogP contribution in [0, 0.1) is 5.41 Å². The van der Waals surface area contributed by atoms with Gasteiger partial charge in [0.15, 0.2) is 5.60 Å². The molecule has 1 saturated carbocycles. The van der Waals surface area contributed by atoms with Gasteiger partial charge >= 0.3 is 0 Å². The molecule has 0 saturated heterocycles. The molecule has 4 heteroatoms. The molecule has 1 atom stereocenters. The van der Waals surface area contributed by atoms with Gasteiger partial charge in [-0.05, 0) is 19.3 Å². The summed E-state index contributed by atoms with van der Waals surface area (Å²) in [5.74, 6) is -0.201. The molecular formula is C9H14N2O2. The van der Waals surface area contributed by atoms with Crippen LogP contribution in [0.1, 0.15) is 33.1 Å². The van der Waals surface area contributed by atoms with Crippen LogP contribution in [0.5, 0.6) is 0 Å². The molecule has 0 aromatic heterocycles. The lowest BCUT2D eigenvalue weighted by Crippen LogP contribution is -2.47. The second-order valence-electron chi connectivity index (χ2n) is 4.42. The first-order valence-electron chi connectivity index (χ1n) is 4.56. The van der Waals surface area contributed by atoms with Crippen molar-refractivity contribution in [2.75, 3.05) is 0 Å². The number of carbonyl (C=O) groups is 1. The van der Waals surface area contributed by atoms with Crippen LogP contribution < -0.4 is 5.73 Å². The highest BCUT2D eigenvalue weighted by Crippen LogP contribution is 2.50. The summed E-state index contributed by atoms with van der Waals surface area (Å²) in [6.45, 7) is 4.07. The molecule has 1 aliphatic carbocycles. The summed E-state index contributed by atoms with van der Waals surface area (Å²) in [5.41, 5.74) is 4.51. The van der Waals surface area contributed by atoms with Crippen LogP contribution in [0.4, 0.5) is 0 Å². The molecule has 1 spiro atoms. The predicted octanol–water partition coefficient (Wildman–Crippen LogP) is 0.807. The molecule has 1 fully saturated rings. The molecule has 0 aromatic carbocycles. The van der Waals surface area contributed by atoms with E-state index in [9.17, 15) is 4.79 Å². The lowest BCUT2D eigenvalue weighted by molar-refractivity contribution is -0.138. The zero-order valence-corrected chi connectivity index (χ0v) is 7.96. The van der Waals surface area contributed by atoms with Crippen molar-refractivity contribution in [1.29, 1.82) is 0 Å². The first-order valence-corrected chi connectivity index (χ1v) is 4.56. The fraction of sp³-hybridized carbons (Fsp3) is 0.778. The minimum Gasteiger partial charge on any atom is -0.448 e. The Balaban J connectivity index is 2.38. The molecule has 0 bridgehead atoms. The maximum absolute atomic E-state index is 11.6. The maximum Gasteiger partial charge on any atom is 0.295 e. The highest BCUT2D eigenvalue weighted by atomic mass is 16.5. The van der Waals surface area contributed by atoms with Crippen LogP contribution in [0.25, 0.3) is 0 Å². The van der Waals surface area contributed by atoms with Crippen molar-refractivity contribution in [3.63, 3.8) is 0 Å². The number of ether oxygens (including phenoxy) is 1. The Labute approximate surface area is 77.2 Å². The Bertz CT molecular complexity index is 296. The summed E-state index contributed by atoms with van der Waals surface area (Å²) in [7, 11) is 0. The van der Waals surface area contributed by atoms with E-state index in [2.05, 4.69) is 4.99 Å². The molecule has 2 aliphatic rings. The van der Waals surface area contributed by atoms with E-state index in [1.165, 1.54) is 0 Å². The van der Waals surface area contributed by atoms with Crippen molar-refractivity contribution in [2.24, 2.45) is 16.1 Å². The van der Waals surface area contributed by atoms with Crippen LogP contribution in [0.3, 0.4) is 0 Å². The van der Waals surface area contributed by atoms with Crippen LogP contribution in [-0.4, -0.2) is 17.5 Å². The first-order chi connectivity index (χ1) is 5.98. The van der Waals surface area contributed by atoms with Crippen LogP contribution in [-0.2, 0) is 9.53 Å². The quantitative estimate of drug-likeness (QED) is 0.602.